The van der Waals surface area contributed by atoms with Crippen molar-refractivity contribution in [2.75, 3.05) is 21.2 Å². The molecule has 1 heterocycles. The molecule has 0 fully saturated rings. The van der Waals surface area contributed by atoms with Crippen LogP contribution in [-0.4, -0.2) is 38.9 Å². The van der Waals surface area contributed by atoms with E-state index >= 15 is 0 Å². The van der Waals surface area contributed by atoms with Gasteiger partial charge in [-0.25, -0.2) is 12.7 Å². The van der Waals surface area contributed by atoms with Gasteiger partial charge in [0, 0.05) is 42.3 Å². The van der Waals surface area contributed by atoms with E-state index in [9.17, 15) is 8.42 Å². The fraction of sp³-hybridized carbons (Fsp3) is 0.176. The Morgan fingerprint density at radius 2 is 1.74 bits per heavy atom. The molecule has 1 aromatic heterocycles. The first kappa shape index (κ1) is 15.6. The monoisotopic (exact) mass is 330 g/mol. The Labute approximate surface area is 135 Å². The van der Waals surface area contributed by atoms with Gasteiger partial charge in [0.1, 0.15) is 5.75 Å². The number of benzene rings is 2. The molecule has 0 saturated heterocycles. The molecule has 0 amide bonds. The molecule has 23 heavy (non-hydrogen) atoms. The summed E-state index contributed by atoms with van der Waals surface area (Å²) in [5.74, 6) is 0.653. The van der Waals surface area contributed by atoms with Crippen LogP contribution in [0.4, 0.5) is 0 Å². The van der Waals surface area contributed by atoms with Crippen LogP contribution in [0.15, 0.2) is 53.6 Å². The summed E-state index contributed by atoms with van der Waals surface area (Å²) >= 11 is 0. The van der Waals surface area contributed by atoms with Gasteiger partial charge in [-0.05, 0) is 18.2 Å². The summed E-state index contributed by atoms with van der Waals surface area (Å²) in [6.07, 6.45) is 1.80. The summed E-state index contributed by atoms with van der Waals surface area (Å²) in [5.41, 5.74) is 1.53. The van der Waals surface area contributed by atoms with Crippen molar-refractivity contribution < 1.29 is 13.2 Å². The van der Waals surface area contributed by atoms with Crippen LogP contribution >= 0.6 is 0 Å². The molecular formula is C17H18N2O3S. The minimum Gasteiger partial charge on any atom is -0.495 e. The van der Waals surface area contributed by atoms with E-state index in [1.54, 1.807) is 25.4 Å². The molecule has 6 heteroatoms. The Bertz CT molecular complexity index is 945. The Morgan fingerprint density at radius 3 is 2.30 bits per heavy atom. The molecule has 0 unspecified atom stereocenters. The second-order valence-corrected chi connectivity index (χ2v) is 7.49. The van der Waals surface area contributed by atoms with Crippen LogP contribution in [0, 0.1) is 0 Å². The molecule has 3 aromatic rings. The number of nitrogens with one attached hydrogen (secondary N) is 1. The molecule has 0 saturated carbocycles. The normalized spacial score (nSPS) is 12.0. The minimum atomic E-state index is -3.58. The summed E-state index contributed by atoms with van der Waals surface area (Å²) in [7, 11) is 1.07. The zero-order chi connectivity index (χ0) is 16.6. The number of hydrogen-bond donors (Lipinski definition) is 1. The van der Waals surface area contributed by atoms with Crippen molar-refractivity contribution in [3.05, 3.63) is 48.7 Å². The third kappa shape index (κ3) is 2.50. The molecule has 3 rings (SSSR count). The average Bonchev–Trinajstić information content (AvgIpc) is 3.07. The van der Waals surface area contributed by atoms with Gasteiger partial charge in [-0.1, -0.05) is 24.3 Å². The lowest BCUT2D eigenvalue weighted by Gasteiger charge is -2.18. The van der Waals surface area contributed by atoms with Gasteiger partial charge in [-0.3, -0.25) is 0 Å². The summed E-state index contributed by atoms with van der Waals surface area (Å²) in [4.78, 5) is 3.38. The minimum absolute atomic E-state index is 0.267. The maximum absolute atomic E-state index is 12.7. The fourth-order valence-electron chi connectivity index (χ4n) is 2.64. The number of methoxy groups -OCH3 is 1. The summed E-state index contributed by atoms with van der Waals surface area (Å²) in [5, 5.41) is 1.41. The zero-order valence-corrected chi connectivity index (χ0v) is 14.0. The number of hydrogen-bond acceptors (Lipinski definition) is 3. The molecule has 0 aliphatic rings. The van der Waals surface area contributed by atoms with E-state index < -0.39 is 10.0 Å². The quantitative estimate of drug-likeness (QED) is 0.799. The number of fused-ring (bicyclic) bond motifs is 1. The predicted molar refractivity (Wildman–Crippen MR) is 91.2 cm³/mol. The number of ether oxygens (including phenoxy) is 1. The van der Waals surface area contributed by atoms with Crippen molar-refractivity contribution in [1.82, 2.24) is 9.29 Å². The Morgan fingerprint density at radius 1 is 1.04 bits per heavy atom. The Balaban J connectivity index is 2.46. The van der Waals surface area contributed by atoms with Crippen molar-refractivity contribution >= 4 is 20.8 Å². The molecule has 0 aliphatic heterocycles. The smallest absolute Gasteiger partial charge is 0.243 e. The van der Waals surface area contributed by atoms with Crippen molar-refractivity contribution in [3.8, 4) is 17.0 Å². The van der Waals surface area contributed by atoms with Gasteiger partial charge in [0.05, 0.1) is 12.0 Å². The molecular weight excluding hydrogens is 312 g/mol. The van der Waals surface area contributed by atoms with E-state index in [4.69, 9.17) is 4.74 Å². The van der Waals surface area contributed by atoms with E-state index in [1.807, 2.05) is 30.3 Å². The summed E-state index contributed by atoms with van der Waals surface area (Å²) in [6, 6.07) is 12.8. The lowest BCUT2D eigenvalue weighted by Crippen LogP contribution is -2.22. The van der Waals surface area contributed by atoms with E-state index in [0.717, 1.165) is 16.6 Å². The van der Waals surface area contributed by atoms with Crippen molar-refractivity contribution in [2.45, 2.75) is 4.90 Å². The van der Waals surface area contributed by atoms with Gasteiger partial charge < -0.3 is 9.72 Å². The molecule has 1 N–H and O–H groups in total. The van der Waals surface area contributed by atoms with E-state index in [1.165, 1.54) is 18.4 Å². The van der Waals surface area contributed by atoms with Gasteiger partial charge in [0.25, 0.3) is 0 Å². The van der Waals surface area contributed by atoms with Crippen LogP contribution in [0.25, 0.3) is 22.0 Å². The number of aromatic nitrogens is 1. The number of H-pyrrole nitrogens is 1. The van der Waals surface area contributed by atoms with Crippen LogP contribution in [0.1, 0.15) is 0 Å². The van der Waals surface area contributed by atoms with Crippen LogP contribution in [0.3, 0.4) is 0 Å². The first-order valence-corrected chi connectivity index (χ1v) is 8.57. The van der Waals surface area contributed by atoms with E-state index in [2.05, 4.69) is 4.98 Å². The molecule has 0 bridgehead atoms. The van der Waals surface area contributed by atoms with Gasteiger partial charge >= 0.3 is 0 Å². The molecule has 5 nitrogen and oxygen atoms in total. The van der Waals surface area contributed by atoms with E-state index in [-0.39, 0.29) is 4.90 Å². The van der Waals surface area contributed by atoms with Crippen LogP contribution < -0.4 is 4.74 Å². The molecule has 0 aliphatic carbocycles. The molecule has 2 aromatic carbocycles. The Kier molecular flexibility index (Phi) is 3.87. The van der Waals surface area contributed by atoms with Gasteiger partial charge in [-0.2, -0.15) is 0 Å². The van der Waals surface area contributed by atoms with Gasteiger partial charge in [0.2, 0.25) is 10.0 Å². The average molecular weight is 330 g/mol. The maximum atomic E-state index is 12.7. The third-order valence-electron chi connectivity index (χ3n) is 3.81. The van der Waals surface area contributed by atoms with E-state index in [0.29, 0.717) is 11.1 Å². The molecule has 0 atom stereocenters. The van der Waals surface area contributed by atoms with Crippen molar-refractivity contribution in [1.29, 1.82) is 0 Å². The topological polar surface area (TPSA) is 62.4 Å². The van der Waals surface area contributed by atoms with Crippen LogP contribution in [0.2, 0.25) is 0 Å². The highest BCUT2D eigenvalue weighted by Gasteiger charge is 2.24. The highest BCUT2D eigenvalue weighted by Crippen LogP contribution is 2.40. The SMILES string of the molecule is COc1c(-c2ccc[nH]2)cc(S(=O)(=O)N(C)C)c2ccccc12. The van der Waals surface area contributed by atoms with Gasteiger partial charge in [0.15, 0.2) is 0 Å². The standard InChI is InChI=1S/C17H18N2O3S/c1-19(2)23(20,21)16-11-14(15-9-6-10-18-15)17(22-3)13-8-5-4-7-12(13)16/h4-11,18H,1-3H3. The molecule has 0 spiro atoms. The number of nitrogens with zero attached hydrogens (tertiary/aromatic N) is 1. The second-order valence-electron chi connectivity index (χ2n) is 5.37. The first-order valence-electron chi connectivity index (χ1n) is 7.13. The highest BCUT2D eigenvalue weighted by atomic mass is 32.2. The molecule has 120 valence electrons. The highest BCUT2D eigenvalue weighted by molar-refractivity contribution is 7.89. The fourth-order valence-corrected chi connectivity index (χ4v) is 3.76. The zero-order valence-electron chi connectivity index (χ0n) is 13.2. The second kappa shape index (κ2) is 5.72. The van der Waals surface area contributed by atoms with Crippen LogP contribution in [-0.2, 0) is 10.0 Å². The largest absolute Gasteiger partial charge is 0.495 e. The number of rotatable bonds is 4. The molecule has 0 radical (unpaired) electrons. The first-order chi connectivity index (χ1) is 11.0. The number of sulfonamides is 1. The van der Waals surface area contributed by atoms with Crippen LogP contribution in [0.5, 0.6) is 5.75 Å². The number of aromatic amines is 1. The lowest BCUT2D eigenvalue weighted by atomic mass is 10.0. The Hall–Kier alpha value is -2.31. The van der Waals surface area contributed by atoms with Crippen molar-refractivity contribution in [2.24, 2.45) is 0 Å². The summed E-state index contributed by atoms with van der Waals surface area (Å²) < 4.78 is 32.3. The third-order valence-corrected chi connectivity index (χ3v) is 5.66. The van der Waals surface area contributed by atoms with Gasteiger partial charge in [-0.15, -0.1) is 0 Å². The lowest BCUT2D eigenvalue weighted by molar-refractivity contribution is 0.421. The van der Waals surface area contributed by atoms with Crippen molar-refractivity contribution in [3.63, 3.8) is 0 Å². The summed E-state index contributed by atoms with van der Waals surface area (Å²) in [6.45, 7) is 0. The maximum Gasteiger partial charge on any atom is 0.243 e. The predicted octanol–water partition coefficient (Wildman–Crippen LogP) is 3.09.